The molecule has 182 valence electrons. The van der Waals surface area contributed by atoms with Gasteiger partial charge in [-0.15, -0.1) is 0 Å². The number of hydrogen-bond donors (Lipinski definition) is 2. The monoisotopic (exact) mass is 474 g/mol. The number of benzene rings is 2. The van der Waals surface area contributed by atoms with E-state index in [4.69, 9.17) is 15.2 Å². The van der Waals surface area contributed by atoms with Crippen molar-refractivity contribution in [2.45, 2.75) is 46.4 Å². The highest BCUT2D eigenvalue weighted by molar-refractivity contribution is 5.96. The molecule has 4 aromatic rings. The van der Waals surface area contributed by atoms with E-state index in [-0.39, 0.29) is 13.2 Å². The van der Waals surface area contributed by atoms with Gasteiger partial charge in [0.15, 0.2) is 0 Å². The van der Waals surface area contributed by atoms with Gasteiger partial charge in [0, 0.05) is 17.6 Å². The molecule has 0 fully saturated rings. The maximum absolute atomic E-state index is 12.8. The molecule has 0 saturated heterocycles. The third-order valence-corrected chi connectivity index (χ3v) is 5.42. The normalized spacial score (nSPS) is 11.6. The molecule has 8 nitrogen and oxygen atoms in total. The number of amides is 1. The molecule has 1 amide bonds. The van der Waals surface area contributed by atoms with Gasteiger partial charge in [-0.25, -0.2) is 14.6 Å². The van der Waals surface area contributed by atoms with Gasteiger partial charge in [0.25, 0.3) is 0 Å². The number of nitrogens with two attached hydrogens (primary N) is 1. The van der Waals surface area contributed by atoms with Crippen LogP contribution in [0.25, 0.3) is 21.8 Å². The lowest BCUT2D eigenvalue weighted by Crippen LogP contribution is -2.27. The first kappa shape index (κ1) is 24.2. The second-order valence-electron chi connectivity index (χ2n) is 9.24. The minimum Gasteiger partial charge on any atom is -0.461 e. The fourth-order valence-corrected chi connectivity index (χ4v) is 4.00. The van der Waals surface area contributed by atoms with E-state index in [1.807, 2.05) is 73.9 Å². The molecule has 4 rings (SSSR count). The Kier molecular flexibility index (Phi) is 6.75. The Morgan fingerprint density at radius 3 is 2.54 bits per heavy atom. The van der Waals surface area contributed by atoms with E-state index >= 15 is 0 Å². The van der Waals surface area contributed by atoms with Crippen molar-refractivity contribution in [3.05, 3.63) is 71.5 Å². The van der Waals surface area contributed by atoms with Crippen LogP contribution in [0.5, 0.6) is 0 Å². The minimum atomic E-state index is -0.616. The standard InChI is InChI=1S/C27H30N4O4/c1-5-34-25(32)23-14-18-10-11-20(15-28)29-24(18)31(23)16-19-13-21(30-26(33)35-27(2,3)4)12-17-8-6-7-9-22(17)19/h6-14H,5,15-16,28H2,1-4H3,(H,30,33). The molecule has 0 unspecified atom stereocenters. The van der Waals surface area contributed by atoms with Crippen molar-refractivity contribution >= 4 is 39.6 Å². The Morgan fingerprint density at radius 2 is 1.83 bits per heavy atom. The summed E-state index contributed by atoms with van der Waals surface area (Å²) < 4.78 is 12.6. The molecule has 0 spiro atoms. The number of aromatic nitrogens is 2. The van der Waals surface area contributed by atoms with Gasteiger partial charge in [0.05, 0.1) is 18.8 Å². The second kappa shape index (κ2) is 9.76. The van der Waals surface area contributed by atoms with Crippen molar-refractivity contribution in [2.75, 3.05) is 11.9 Å². The van der Waals surface area contributed by atoms with Gasteiger partial charge in [-0.3, -0.25) is 5.32 Å². The number of fused-ring (bicyclic) bond motifs is 2. The number of rotatable bonds is 6. The van der Waals surface area contributed by atoms with E-state index in [0.717, 1.165) is 27.4 Å². The summed E-state index contributed by atoms with van der Waals surface area (Å²) in [4.78, 5) is 29.9. The van der Waals surface area contributed by atoms with Crippen molar-refractivity contribution in [1.82, 2.24) is 9.55 Å². The first-order valence-corrected chi connectivity index (χ1v) is 11.6. The number of esters is 1. The molecule has 0 aliphatic carbocycles. The molecular formula is C27H30N4O4. The first-order valence-electron chi connectivity index (χ1n) is 11.6. The van der Waals surface area contributed by atoms with Crippen molar-refractivity contribution in [2.24, 2.45) is 5.73 Å². The number of anilines is 1. The highest BCUT2D eigenvalue weighted by Crippen LogP contribution is 2.28. The van der Waals surface area contributed by atoms with Crippen molar-refractivity contribution in [3.8, 4) is 0 Å². The van der Waals surface area contributed by atoms with E-state index in [0.29, 0.717) is 23.6 Å². The molecule has 3 N–H and O–H groups in total. The molecule has 0 atom stereocenters. The Labute approximate surface area is 204 Å². The molecule has 0 aliphatic heterocycles. The van der Waals surface area contributed by atoms with E-state index in [9.17, 15) is 9.59 Å². The van der Waals surface area contributed by atoms with Crippen molar-refractivity contribution in [1.29, 1.82) is 0 Å². The maximum Gasteiger partial charge on any atom is 0.412 e. The van der Waals surface area contributed by atoms with Crippen LogP contribution >= 0.6 is 0 Å². The van der Waals surface area contributed by atoms with Crippen LogP contribution in [0.2, 0.25) is 0 Å². The van der Waals surface area contributed by atoms with Crippen LogP contribution in [-0.4, -0.2) is 33.8 Å². The predicted octanol–water partition coefficient (Wildman–Crippen LogP) is 5.22. The molecule has 35 heavy (non-hydrogen) atoms. The molecule has 0 radical (unpaired) electrons. The van der Waals surface area contributed by atoms with E-state index in [1.165, 1.54) is 0 Å². The number of ether oxygens (including phenoxy) is 2. The minimum absolute atomic E-state index is 0.264. The largest absolute Gasteiger partial charge is 0.461 e. The summed E-state index contributed by atoms with van der Waals surface area (Å²) in [5, 5.41) is 5.59. The maximum atomic E-state index is 12.8. The average Bonchev–Trinajstić information content (AvgIpc) is 3.15. The quantitative estimate of drug-likeness (QED) is 0.371. The molecule has 2 aromatic carbocycles. The molecule has 8 heteroatoms. The Balaban J connectivity index is 1.82. The van der Waals surface area contributed by atoms with Crippen molar-refractivity contribution in [3.63, 3.8) is 0 Å². The van der Waals surface area contributed by atoms with Gasteiger partial charge in [-0.05, 0) is 74.4 Å². The van der Waals surface area contributed by atoms with Crippen LogP contribution in [0.15, 0.2) is 54.6 Å². The molecular weight excluding hydrogens is 444 g/mol. The molecule has 2 heterocycles. The predicted molar refractivity (Wildman–Crippen MR) is 136 cm³/mol. The number of pyridine rings is 1. The van der Waals surface area contributed by atoms with Gasteiger partial charge in [-0.2, -0.15) is 0 Å². The first-order chi connectivity index (χ1) is 16.7. The van der Waals surface area contributed by atoms with Gasteiger partial charge >= 0.3 is 12.1 Å². The summed E-state index contributed by atoms with van der Waals surface area (Å²) in [6.07, 6.45) is -0.536. The van der Waals surface area contributed by atoms with Crippen LogP contribution in [0.4, 0.5) is 10.5 Å². The average molecular weight is 475 g/mol. The van der Waals surface area contributed by atoms with E-state index in [2.05, 4.69) is 10.3 Å². The zero-order valence-electron chi connectivity index (χ0n) is 20.4. The summed E-state index contributed by atoms with van der Waals surface area (Å²) in [6.45, 7) is 8.10. The molecule has 0 saturated carbocycles. The van der Waals surface area contributed by atoms with Gasteiger partial charge in [-0.1, -0.05) is 24.3 Å². The van der Waals surface area contributed by atoms with Gasteiger partial charge < -0.3 is 19.8 Å². The zero-order valence-corrected chi connectivity index (χ0v) is 20.4. The number of nitrogens with zero attached hydrogens (tertiary/aromatic N) is 2. The number of hydrogen-bond acceptors (Lipinski definition) is 6. The Hall–Kier alpha value is -3.91. The lowest BCUT2D eigenvalue weighted by Gasteiger charge is -2.20. The molecule has 0 aliphatic rings. The van der Waals surface area contributed by atoms with Gasteiger partial charge in [0.2, 0.25) is 0 Å². The van der Waals surface area contributed by atoms with Crippen LogP contribution in [0.1, 0.15) is 49.4 Å². The van der Waals surface area contributed by atoms with Crippen LogP contribution in [0, 0.1) is 0 Å². The summed E-state index contributed by atoms with van der Waals surface area (Å²) in [6, 6.07) is 17.2. The van der Waals surface area contributed by atoms with Gasteiger partial charge in [0.1, 0.15) is 16.9 Å². The lowest BCUT2D eigenvalue weighted by atomic mass is 10.0. The summed E-state index contributed by atoms with van der Waals surface area (Å²) in [5.41, 5.74) is 8.47. The third-order valence-electron chi connectivity index (χ3n) is 5.42. The van der Waals surface area contributed by atoms with E-state index in [1.54, 1.807) is 13.0 Å². The van der Waals surface area contributed by atoms with Crippen LogP contribution in [-0.2, 0) is 22.6 Å². The van der Waals surface area contributed by atoms with Crippen LogP contribution in [0.3, 0.4) is 0 Å². The highest BCUT2D eigenvalue weighted by atomic mass is 16.6. The van der Waals surface area contributed by atoms with Crippen molar-refractivity contribution < 1.29 is 19.1 Å². The second-order valence-corrected chi connectivity index (χ2v) is 9.24. The summed E-state index contributed by atoms with van der Waals surface area (Å²) in [5.74, 6) is -0.424. The number of nitrogens with one attached hydrogen (secondary N) is 1. The van der Waals surface area contributed by atoms with E-state index < -0.39 is 17.7 Å². The van der Waals surface area contributed by atoms with Crippen LogP contribution < -0.4 is 11.1 Å². The fraction of sp³-hybridized carbons (Fsp3) is 0.296. The topological polar surface area (TPSA) is 108 Å². The Bertz CT molecular complexity index is 1400. The molecule has 0 bridgehead atoms. The highest BCUT2D eigenvalue weighted by Gasteiger charge is 2.20. The summed E-state index contributed by atoms with van der Waals surface area (Å²) in [7, 11) is 0. The third kappa shape index (κ3) is 5.44. The number of carbonyl (C=O) groups is 2. The zero-order chi connectivity index (χ0) is 25.2. The fourth-order valence-electron chi connectivity index (χ4n) is 4.00. The smallest absolute Gasteiger partial charge is 0.412 e. The lowest BCUT2D eigenvalue weighted by molar-refractivity contribution is 0.0514. The SMILES string of the molecule is CCOC(=O)c1cc2ccc(CN)nc2n1Cc1cc(NC(=O)OC(C)(C)C)cc2ccccc12. The Morgan fingerprint density at radius 1 is 1.06 bits per heavy atom. The molecule has 2 aromatic heterocycles. The summed E-state index contributed by atoms with van der Waals surface area (Å²) >= 11 is 0. The number of carbonyl (C=O) groups excluding carboxylic acids is 2.